The lowest BCUT2D eigenvalue weighted by Gasteiger charge is -2.18. The van der Waals surface area contributed by atoms with Crippen molar-refractivity contribution < 1.29 is 0 Å². The first-order chi connectivity index (χ1) is 8.16. The molecule has 5 heteroatoms. The zero-order valence-corrected chi connectivity index (χ0v) is 10.8. The van der Waals surface area contributed by atoms with Crippen molar-refractivity contribution in [3.8, 4) is 0 Å². The minimum atomic E-state index is 0.383. The highest BCUT2D eigenvalue weighted by Gasteiger charge is 2.06. The number of rotatable bonds is 3. The van der Waals surface area contributed by atoms with Gasteiger partial charge in [0.2, 0.25) is 0 Å². The van der Waals surface area contributed by atoms with Crippen LogP contribution in [-0.4, -0.2) is 17.0 Å². The highest BCUT2D eigenvalue weighted by Crippen LogP contribution is 2.19. The van der Waals surface area contributed by atoms with Crippen molar-refractivity contribution in [3.05, 3.63) is 52.4 Å². The van der Waals surface area contributed by atoms with Gasteiger partial charge >= 0.3 is 0 Å². The van der Waals surface area contributed by atoms with Gasteiger partial charge < -0.3 is 4.90 Å². The zero-order chi connectivity index (χ0) is 12.3. The van der Waals surface area contributed by atoms with E-state index in [1.165, 1.54) is 6.20 Å². The summed E-state index contributed by atoms with van der Waals surface area (Å²) in [5.74, 6) is 0.720. The van der Waals surface area contributed by atoms with Crippen LogP contribution in [0.1, 0.15) is 5.56 Å². The van der Waals surface area contributed by atoms with Gasteiger partial charge in [-0.2, -0.15) is 0 Å². The summed E-state index contributed by atoms with van der Waals surface area (Å²) in [5, 5.41) is 1.13. The van der Waals surface area contributed by atoms with Crippen LogP contribution in [0.3, 0.4) is 0 Å². The van der Waals surface area contributed by atoms with E-state index in [-0.39, 0.29) is 0 Å². The molecule has 1 aromatic heterocycles. The average molecular weight is 268 g/mol. The van der Waals surface area contributed by atoms with Crippen molar-refractivity contribution in [2.45, 2.75) is 6.54 Å². The molecule has 0 saturated carbocycles. The van der Waals surface area contributed by atoms with Gasteiger partial charge in [0, 0.05) is 18.6 Å². The van der Waals surface area contributed by atoms with Crippen molar-refractivity contribution in [2.24, 2.45) is 0 Å². The normalized spacial score (nSPS) is 10.3. The van der Waals surface area contributed by atoms with Crippen LogP contribution >= 0.6 is 23.2 Å². The average Bonchev–Trinajstić information content (AvgIpc) is 2.32. The van der Waals surface area contributed by atoms with E-state index in [1.54, 1.807) is 6.20 Å². The molecular weight excluding hydrogens is 257 g/mol. The number of benzene rings is 1. The number of hydrogen-bond donors (Lipinski definition) is 0. The second-order valence-corrected chi connectivity index (χ2v) is 4.44. The molecule has 0 amide bonds. The van der Waals surface area contributed by atoms with Crippen molar-refractivity contribution in [3.63, 3.8) is 0 Å². The third kappa shape index (κ3) is 3.08. The van der Waals surface area contributed by atoms with E-state index in [9.17, 15) is 0 Å². The number of anilines is 1. The molecule has 2 rings (SSSR count). The maximum absolute atomic E-state index is 6.10. The van der Waals surface area contributed by atoms with Gasteiger partial charge in [-0.25, -0.2) is 4.98 Å². The number of aromatic nitrogens is 2. The molecule has 17 heavy (non-hydrogen) atoms. The highest BCUT2D eigenvalue weighted by atomic mass is 35.5. The second-order valence-electron chi connectivity index (χ2n) is 3.65. The molecule has 0 aliphatic carbocycles. The molecular formula is C12H11Cl2N3. The fraction of sp³-hybridized carbons (Fsp3) is 0.167. The van der Waals surface area contributed by atoms with E-state index in [0.717, 1.165) is 16.4 Å². The smallest absolute Gasteiger partial charge is 0.149 e. The molecule has 0 atom stereocenters. The lowest BCUT2D eigenvalue weighted by molar-refractivity contribution is 0.890. The maximum atomic E-state index is 6.10. The summed E-state index contributed by atoms with van der Waals surface area (Å²) in [6.45, 7) is 0.661. The van der Waals surface area contributed by atoms with Crippen LogP contribution in [0.15, 0.2) is 36.7 Å². The minimum Gasteiger partial charge on any atom is -0.354 e. The third-order valence-electron chi connectivity index (χ3n) is 2.35. The van der Waals surface area contributed by atoms with Gasteiger partial charge in [0.1, 0.15) is 11.0 Å². The summed E-state index contributed by atoms with van der Waals surface area (Å²) >= 11 is 11.9. The van der Waals surface area contributed by atoms with Crippen molar-refractivity contribution in [1.29, 1.82) is 0 Å². The van der Waals surface area contributed by atoms with Gasteiger partial charge in [-0.1, -0.05) is 41.4 Å². The van der Waals surface area contributed by atoms with Gasteiger partial charge in [0.15, 0.2) is 0 Å². The Kier molecular flexibility index (Phi) is 3.82. The Labute approximate surface area is 110 Å². The Morgan fingerprint density at radius 3 is 2.65 bits per heavy atom. The lowest BCUT2D eigenvalue weighted by atomic mass is 10.2. The molecule has 88 valence electrons. The summed E-state index contributed by atoms with van der Waals surface area (Å²) in [6.07, 6.45) is 3.18. The molecule has 2 aromatic rings. The molecule has 0 aliphatic rings. The maximum Gasteiger partial charge on any atom is 0.149 e. The Balaban J connectivity index is 2.17. The number of nitrogens with zero attached hydrogens (tertiary/aromatic N) is 3. The van der Waals surface area contributed by atoms with Crippen molar-refractivity contribution in [2.75, 3.05) is 11.9 Å². The molecule has 3 nitrogen and oxygen atoms in total. The Bertz CT molecular complexity index is 517. The SMILES string of the molecule is CN(Cc1ccccc1Cl)c1cncc(Cl)n1. The first kappa shape index (κ1) is 12.1. The summed E-state index contributed by atoms with van der Waals surface area (Å²) in [5.41, 5.74) is 1.04. The predicted molar refractivity (Wildman–Crippen MR) is 70.6 cm³/mol. The topological polar surface area (TPSA) is 29.0 Å². The Morgan fingerprint density at radius 2 is 1.94 bits per heavy atom. The largest absolute Gasteiger partial charge is 0.354 e. The summed E-state index contributed by atoms with van der Waals surface area (Å²) < 4.78 is 0. The molecule has 0 radical (unpaired) electrons. The van der Waals surface area contributed by atoms with Crippen LogP contribution < -0.4 is 4.90 Å². The van der Waals surface area contributed by atoms with Crippen LogP contribution in [0, 0.1) is 0 Å². The van der Waals surface area contributed by atoms with Crippen LogP contribution in [0.25, 0.3) is 0 Å². The monoisotopic (exact) mass is 267 g/mol. The molecule has 0 N–H and O–H groups in total. The Morgan fingerprint density at radius 1 is 1.18 bits per heavy atom. The van der Waals surface area contributed by atoms with E-state index < -0.39 is 0 Å². The molecule has 0 aliphatic heterocycles. The van der Waals surface area contributed by atoms with Crippen LogP contribution in [0.5, 0.6) is 0 Å². The minimum absolute atomic E-state index is 0.383. The zero-order valence-electron chi connectivity index (χ0n) is 9.27. The fourth-order valence-electron chi connectivity index (χ4n) is 1.48. The van der Waals surface area contributed by atoms with Crippen LogP contribution in [0.4, 0.5) is 5.82 Å². The van der Waals surface area contributed by atoms with Crippen LogP contribution in [-0.2, 0) is 6.54 Å². The van der Waals surface area contributed by atoms with Gasteiger partial charge in [-0.15, -0.1) is 0 Å². The molecule has 1 aromatic carbocycles. The predicted octanol–water partition coefficient (Wildman–Crippen LogP) is 3.42. The summed E-state index contributed by atoms with van der Waals surface area (Å²) in [6, 6.07) is 7.72. The van der Waals surface area contributed by atoms with Crippen LogP contribution in [0.2, 0.25) is 10.2 Å². The third-order valence-corrected chi connectivity index (χ3v) is 2.90. The summed E-state index contributed by atoms with van der Waals surface area (Å²) in [7, 11) is 1.92. The first-order valence-electron chi connectivity index (χ1n) is 5.09. The molecule has 0 fully saturated rings. The van der Waals surface area contributed by atoms with E-state index >= 15 is 0 Å². The van der Waals surface area contributed by atoms with Gasteiger partial charge in [-0.05, 0) is 11.6 Å². The van der Waals surface area contributed by atoms with E-state index in [0.29, 0.717) is 11.7 Å². The summed E-state index contributed by atoms with van der Waals surface area (Å²) in [4.78, 5) is 10.1. The van der Waals surface area contributed by atoms with Gasteiger partial charge in [-0.3, -0.25) is 4.98 Å². The quantitative estimate of drug-likeness (QED) is 0.854. The van der Waals surface area contributed by atoms with Gasteiger partial charge in [0.25, 0.3) is 0 Å². The molecule has 0 unspecified atom stereocenters. The molecule has 1 heterocycles. The second kappa shape index (κ2) is 5.34. The first-order valence-corrected chi connectivity index (χ1v) is 5.84. The van der Waals surface area contributed by atoms with E-state index in [2.05, 4.69) is 9.97 Å². The van der Waals surface area contributed by atoms with E-state index in [1.807, 2.05) is 36.2 Å². The number of halogens is 2. The Hall–Kier alpha value is -1.32. The van der Waals surface area contributed by atoms with Crippen molar-refractivity contribution >= 4 is 29.0 Å². The fourth-order valence-corrected chi connectivity index (χ4v) is 1.82. The number of hydrogen-bond acceptors (Lipinski definition) is 3. The molecule has 0 bridgehead atoms. The standard InChI is InChI=1S/C12H11Cl2N3/c1-17(12-7-15-6-11(14)16-12)8-9-4-2-3-5-10(9)13/h2-7H,8H2,1H3. The van der Waals surface area contributed by atoms with E-state index in [4.69, 9.17) is 23.2 Å². The van der Waals surface area contributed by atoms with Gasteiger partial charge in [0.05, 0.1) is 12.4 Å². The lowest BCUT2D eigenvalue weighted by Crippen LogP contribution is -2.18. The van der Waals surface area contributed by atoms with Crippen molar-refractivity contribution in [1.82, 2.24) is 9.97 Å². The molecule has 0 saturated heterocycles. The highest BCUT2D eigenvalue weighted by molar-refractivity contribution is 6.31. The molecule has 0 spiro atoms.